The third kappa shape index (κ3) is 10.8. The van der Waals surface area contributed by atoms with E-state index in [4.69, 9.17) is 19.8 Å². The number of carboxylic acid groups (broad SMARTS) is 2. The minimum atomic E-state index is -1.08. The molecule has 0 aromatic heterocycles. The second-order valence-corrected chi connectivity index (χ2v) is 7.55. The van der Waals surface area contributed by atoms with E-state index in [2.05, 4.69) is 91.0 Å². The monoisotopic (exact) mass is 575 g/mol. The van der Waals surface area contributed by atoms with Gasteiger partial charge in [-0.1, -0.05) is 91.0 Å². The van der Waals surface area contributed by atoms with Gasteiger partial charge in [-0.25, -0.2) is 0 Å². The summed E-state index contributed by atoms with van der Waals surface area (Å²) in [6, 6.07) is 32.3. The van der Waals surface area contributed by atoms with E-state index in [-0.39, 0.29) is 21.1 Å². The second-order valence-electron chi connectivity index (χ2n) is 5.33. The first-order chi connectivity index (χ1) is 12.9. The molecule has 3 rings (SSSR count). The second kappa shape index (κ2) is 14.7. The van der Waals surface area contributed by atoms with Gasteiger partial charge in [-0.3, -0.25) is 0 Å². The summed E-state index contributed by atoms with van der Waals surface area (Å²) in [6.07, 6.45) is 0. The fraction of sp³-hybridized carbons (Fsp3) is 0.0909. The van der Waals surface area contributed by atoms with Crippen LogP contribution in [0.4, 0.5) is 0 Å². The first-order valence-corrected chi connectivity index (χ1v) is 9.56. The zero-order valence-electron chi connectivity index (χ0n) is 15.6. The molecule has 0 fully saturated rings. The van der Waals surface area contributed by atoms with Crippen molar-refractivity contribution in [2.75, 3.05) is 0 Å². The summed E-state index contributed by atoms with van der Waals surface area (Å²) in [6.45, 7) is 1.94. The summed E-state index contributed by atoms with van der Waals surface area (Å²) in [4.78, 5) is 17.8. The van der Waals surface area contributed by atoms with Crippen LogP contribution in [0.15, 0.2) is 91.0 Å². The molecule has 148 valence electrons. The van der Waals surface area contributed by atoms with Gasteiger partial charge < -0.3 is 19.8 Å². The Morgan fingerprint density at radius 2 is 0.750 bits per heavy atom. The topological polar surface area (TPSA) is 80.3 Å². The molecule has 28 heavy (non-hydrogen) atoms. The van der Waals surface area contributed by atoms with Gasteiger partial charge in [0.2, 0.25) is 0 Å². The summed E-state index contributed by atoms with van der Waals surface area (Å²) in [5.41, 5.74) is 0. The minimum Gasteiger partial charge on any atom is -0.550 e. The van der Waals surface area contributed by atoms with Crippen LogP contribution in [0.1, 0.15) is 13.8 Å². The molecule has 0 aliphatic rings. The molecular weight excluding hydrogens is 554 g/mol. The average molecular weight is 575 g/mol. The Morgan fingerprint density at radius 1 is 0.571 bits per heavy atom. The number of rotatable bonds is 3. The standard InChI is InChI=1S/C18H15P.2C2H4O2.Pt/c1-4-10-16(11-5-1)19(17-12-6-2-7-13-17)18-14-8-3-9-15-18;2*1-2(3)4;/h1-15H;2*1H3,(H,3,4);/q;;;+2/p-2. The molecule has 0 saturated heterocycles. The number of carbonyl (C=O) groups is 2. The van der Waals surface area contributed by atoms with Crippen molar-refractivity contribution < 1.29 is 40.9 Å². The quantitative estimate of drug-likeness (QED) is 0.436. The van der Waals surface area contributed by atoms with Gasteiger partial charge in [0.25, 0.3) is 0 Å². The van der Waals surface area contributed by atoms with Gasteiger partial charge in [0.1, 0.15) is 0 Å². The molecule has 0 atom stereocenters. The SMILES string of the molecule is CC(=O)[O-].CC(=O)[O-].[Pt+2].c1ccc(P(c2ccccc2)c2ccccc2)cc1. The van der Waals surface area contributed by atoms with Gasteiger partial charge in [-0.05, 0) is 37.7 Å². The average Bonchev–Trinajstić information content (AvgIpc) is 2.64. The Bertz CT molecular complexity index is 698. The molecule has 0 unspecified atom stereocenters. The predicted octanol–water partition coefficient (Wildman–Crippen LogP) is 0.955. The van der Waals surface area contributed by atoms with E-state index in [1.165, 1.54) is 15.9 Å². The van der Waals surface area contributed by atoms with Crippen LogP contribution in [0.3, 0.4) is 0 Å². The zero-order chi connectivity index (χ0) is 20.1. The van der Waals surface area contributed by atoms with Crippen LogP contribution in [0.2, 0.25) is 0 Å². The van der Waals surface area contributed by atoms with Crippen LogP contribution >= 0.6 is 7.92 Å². The van der Waals surface area contributed by atoms with Crippen LogP contribution < -0.4 is 26.1 Å². The number of hydrogen-bond donors (Lipinski definition) is 0. The smallest absolute Gasteiger partial charge is 0.550 e. The third-order valence-electron chi connectivity index (χ3n) is 3.04. The molecule has 3 aromatic carbocycles. The maximum Gasteiger partial charge on any atom is 2.00 e. The van der Waals surface area contributed by atoms with Gasteiger partial charge in [0.05, 0.1) is 0 Å². The van der Waals surface area contributed by atoms with Gasteiger partial charge in [0, 0.05) is 11.9 Å². The van der Waals surface area contributed by atoms with Crippen LogP contribution in [0.25, 0.3) is 0 Å². The number of aliphatic carboxylic acids is 2. The van der Waals surface area contributed by atoms with Crippen molar-refractivity contribution >= 4 is 35.8 Å². The van der Waals surface area contributed by atoms with Crippen LogP contribution in [-0.4, -0.2) is 11.9 Å². The van der Waals surface area contributed by atoms with Crippen LogP contribution in [0, 0.1) is 0 Å². The van der Waals surface area contributed by atoms with Gasteiger partial charge in [0.15, 0.2) is 0 Å². The molecular formula is C22H21O4PPt. The van der Waals surface area contributed by atoms with Gasteiger partial charge in [-0.2, -0.15) is 0 Å². The summed E-state index contributed by atoms with van der Waals surface area (Å²) in [5, 5.41) is 22.0. The van der Waals surface area contributed by atoms with Crippen molar-refractivity contribution in [2.24, 2.45) is 0 Å². The number of carbonyl (C=O) groups excluding carboxylic acids is 2. The van der Waals surface area contributed by atoms with Crippen molar-refractivity contribution in [3.63, 3.8) is 0 Å². The Labute approximate surface area is 181 Å². The summed E-state index contributed by atoms with van der Waals surface area (Å²) < 4.78 is 0. The largest absolute Gasteiger partial charge is 2.00 e. The molecule has 3 aromatic rings. The third-order valence-corrected chi connectivity index (χ3v) is 5.49. The summed E-state index contributed by atoms with van der Waals surface area (Å²) in [5.74, 6) is -2.17. The van der Waals surface area contributed by atoms with E-state index < -0.39 is 19.9 Å². The molecule has 0 amide bonds. The van der Waals surface area contributed by atoms with Crippen molar-refractivity contribution in [2.45, 2.75) is 13.8 Å². The molecule has 0 heterocycles. The molecule has 0 N–H and O–H groups in total. The Hall–Kier alpha value is -2.28. The van der Waals surface area contributed by atoms with E-state index >= 15 is 0 Å². The maximum absolute atomic E-state index is 8.89. The molecule has 0 bridgehead atoms. The number of hydrogen-bond acceptors (Lipinski definition) is 4. The Balaban J connectivity index is 0.000000697. The van der Waals surface area contributed by atoms with E-state index in [0.29, 0.717) is 0 Å². The first-order valence-electron chi connectivity index (χ1n) is 8.22. The van der Waals surface area contributed by atoms with E-state index in [9.17, 15) is 0 Å². The van der Waals surface area contributed by atoms with Gasteiger partial charge in [-0.15, -0.1) is 0 Å². The predicted molar refractivity (Wildman–Crippen MR) is 107 cm³/mol. The number of benzene rings is 3. The number of carboxylic acids is 2. The zero-order valence-corrected chi connectivity index (χ0v) is 18.7. The first kappa shape index (κ1) is 25.7. The van der Waals surface area contributed by atoms with E-state index in [1.807, 2.05) is 0 Å². The molecule has 0 spiro atoms. The molecule has 0 radical (unpaired) electrons. The molecule has 0 saturated carbocycles. The molecule has 0 aliphatic carbocycles. The van der Waals surface area contributed by atoms with Crippen molar-refractivity contribution in [3.8, 4) is 0 Å². The van der Waals surface area contributed by atoms with Crippen molar-refractivity contribution in [3.05, 3.63) is 91.0 Å². The molecule has 4 nitrogen and oxygen atoms in total. The maximum atomic E-state index is 8.89. The summed E-state index contributed by atoms with van der Waals surface area (Å²) >= 11 is 0. The van der Waals surface area contributed by atoms with Crippen molar-refractivity contribution in [1.82, 2.24) is 0 Å². The Morgan fingerprint density at radius 3 is 0.929 bits per heavy atom. The normalized spacial score (nSPS) is 8.96. The van der Waals surface area contributed by atoms with E-state index in [0.717, 1.165) is 13.8 Å². The molecule has 6 heteroatoms. The fourth-order valence-electron chi connectivity index (χ4n) is 2.18. The van der Waals surface area contributed by atoms with Crippen molar-refractivity contribution in [1.29, 1.82) is 0 Å². The Kier molecular flexibility index (Phi) is 13.5. The van der Waals surface area contributed by atoms with E-state index in [1.54, 1.807) is 0 Å². The minimum absolute atomic E-state index is 0. The fourth-order valence-corrected chi connectivity index (χ4v) is 4.48. The van der Waals surface area contributed by atoms with Crippen LogP contribution in [-0.2, 0) is 30.7 Å². The van der Waals surface area contributed by atoms with Gasteiger partial charge >= 0.3 is 21.1 Å². The molecule has 0 aliphatic heterocycles. The van der Waals surface area contributed by atoms with Crippen LogP contribution in [0.5, 0.6) is 0 Å². The summed E-state index contributed by atoms with van der Waals surface area (Å²) in [7, 11) is -0.446.